The second kappa shape index (κ2) is 6.99. The van der Waals surface area contributed by atoms with Crippen molar-refractivity contribution < 1.29 is 4.74 Å². The Morgan fingerprint density at radius 2 is 2.05 bits per heavy atom. The zero-order chi connectivity index (χ0) is 14.5. The normalized spacial score (nSPS) is 10.8. The highest BCUT2D eigenvalue weighted by molar-refractivity contribution is 14.1. The van der Waals surface area contributed by atoms with Gasteiger partial charge in [-0.25, -0.2) is 0 Å². The summed E-state index contributed by atoms with van der Waals surface area (Å²) in [6.45, 7) is 3.49. The summed E-state index contributed by atoms with van der Waals surface area (Å²) in [4.78, 5) is 10.8. The summed E-state index contributed by atoms with van der Waals surface area (Å²) in [6, 6.07) is 6.00. The summed E-state index contributed by atoms with van der Waals surface area (Å²) in [5, 5.41) is 0. The van der Waals surface area contributed by atoms with Crippen LogP contribution in [0.5, 0.6) is 5.75 Å². The molecule has 0 amide bonds. The van der Waals surface area contributed by atoms with E-state index in [1.165, 1.54) is 0 Å². The molecule has 0 saturated carbocycles. The van der Waals surface area contributed by atoms with Gasteiger partial charge in [0.15, 0.2) is 0 Å². The quantitative estimate of drug-likeness (QED) is 0.745. The van der Waals surface area contributed by atoms with Gasteiger partial charge in [-0.15, -0.1) is 0 Å². The third kappa shape index (κ3) is 4.14. The molecule has 2 aromatic heterocycles. The standard InChI is InChI=1S/C15H18IN3O/c1-11-8-12(4-5-17-11)15-14(9-13(16)10-18-15)20-7-6-19(2)3/h4-5,8-10H,6-7H2,1-3H3. The molecule has 2 aromatic rings. The van der Waals surface area contributed by atoms with Gasteiger partial charge in [-0.3, -0.25) is 9.97 Å². The van der Waals surface area contributed by atoms with Crippen molar-refractivity contribution >= 4 is 22.6 Å². The Bertz CT molecular complexity index is 587. The fraction of sp³-hybridized carbons (Fsp3) is 0.333. The molecule has 0 aliphatic heterocycles. The van der Waals surface area contributed by atoms with Crippen LogP contribution in [0.25, 0.3) is 11.3 Å². The van der Waals surface area contributed by atoms with Crippen molar-refractivity contribution in [3.05, 3.63) is 39.9 Å². The second-order valence-electron chi connectivity index (χ2n) is 4.84. The molecule has 2 rings (SSSR count). The molecule has 5 heteroatoms. The van der Waals surface area contributed by atoms with E-state index < -0.39 is 0 Å². The number of pyridine rings is 2. The Morgan fingerprint density at radius 1 is 1.25 bits per heavy atom. The summed E-state index contributed by atoms with van der Waals surface area (Å²) in [7, 11) is 4.06. The van der Waals surface area contributed by atoms with Gasteiger partial charge < -0.3 is 9.64 Å². The van der Waals surface area contributed by atoms with E-state index in [1.807, 2.05) is 45.4 Å². The Morgan fingerprint density at radius 3 is 2.75 bits per heavy atom. The van der Waals surface area contributed by atoms with E-state index in [0.717, 1.165) is 32.8 Å². The van der Waals surface area contributed by atoms with E-state index in [9.17, 15) is 0 Å². The monoisotopic (exact) mass is 383 g/mol. The number of likely N-dealkylation sites (N-methyl/N-ethyl adjacent to an activating group) is 1. The first-order chi connectivity index (χ1) is 9.56. The molecular weight excluding hydrogens is 365 g/mol. The van der Waals surface area contributed by atoms with Gasteiger partial charge in [0.1, 0.15) is 18.1 Å². The van der Waals surface area contributed by atoms with E-state index >= 15 is 0 Å². The number of hydrogen-bond acceptors (Lipinski definition) is 4. The molecule has 0 unspecified atom stereocenters. The summed E-state index contributed by atoms with van der Waals surface area (Å²) in [5.41, 5.74) is 2.88. The molecule has 4 nitrogen and oxygen atoms in total. The van der Waals surface area contributed by atoms with E-state index in [2.05, 4.69) is 37.5 Å². The van der Waals surface area contributed by atoms with Crippen molar-refractivity contribution in [3.8, 4) is 17.0 Å². The highest BCUT2D eigenvalue weighted by Gasteiger charge is 2.09. The predicted octanol–water partition coefficient (Wildman–Crippen LogP) is 3.00. The SMILES string of the molecule is Cc1cc(-c2ncc(I)cc2OCCN(C)C)ccn1. The molecule has 0 radical (unpaired) electrons. The van der Waals surface area contributed by atoms with Crippen LogP contribution in [0, 0.1) is 10.5 Å². The van der Waals surface area contributed by atoms with E-state index in [4.69, 9.17) is 4.74 Å². The maximum absolute atomic E-state index is 5.89. The molecule has 2 heterocycles. The zero-order valence-electron chi connectivity index (χ0n) is 11.9. The van der Waals surface area contributed by atoms with Crippen LogP contribution < -0.4 is 4.74 Å². The molecule has 0 bridgehead atoms. The van der Waals surface area contributed by atoms with Crippen molar-refractivity contribution in [1.82, 2.24) is 14.9 Å². The van der Waals surface area contributed by atoms with Gasteiger partial charge in [0.05, 0.1) is 0 Å². The largest absolute Gasteiger partial charge is 0.490 e. The minimum absolute atomic E-state index is 0.645. The van der Waals surface area contributed by atoms with Gasteiger partial charge in [0.2, 0.25) is 0 Å². The number of ether oxygens (including phenoxy) is 1. The lowest BCUT2D eigenvalue weighted by Crippen LogP contribution is -2.19. The smallest absolute Gasteiger partial charge is 0.146 e. The van der Waals surface area contributed by atoms with Crippen molar-refractivity contribution in [2.24, 2.45) is 0 Å². The van der Waals surface area contributed by atoms with Gasteiger partial charge in [-0.05, 0) is 61.8 Å². The third-order valence-electron chi connectivity index (χ3n) is 2.79. The molecule has 0 saturated heterocycles. The maximum atomic E-state index is 5.89. The Hall–Kier alpha value is -1.21. The van der Waals surface area contributed by atoms with Crippen LogP contribution in [0.15, 0.2) is 30.6 Å². The van der Waals surface area contributed by atoms with Crippen molar-refractivity contribution in [1.29, 1.82) is 0 Å². The summed E-state index contributed by atoms with van der Waals surface area (Å²) >= 11 is 2.25. The molecular formula is C15H18IN3O. The summed E-state index contributed by atoms with van der Waals surface area (Å²) < 4.78 is 6.96. The van der Waals surface area contributed by atoms with Crippen LogP contribution in [0.1, 0.15) is 5.69 Å². The minimum atomic E-state index is 0.645. The predicted molar refractivity (Wildman–Crippen MR) is 89.0 cm³/mol. The first-order valence-corrected chi connectivity index (χ1v) is 7.50. The minimum Gasteiger partial charge on any atom is -0.490 e. The van der Waals surface area contributed by atoms with Crippen LogP contribution in [-0.2, 0) is 0 Å². The third-order valence-corrected chi connectivity index (χ3v) is 3.38. The number of aromatic nitrogens is 2. The number of rotatable bonds is 5. The van der Waals surface area contributed by atoms with E-state index in [-0.39, 0.29) is 0 Å². The second-order valence-corrected chi connectivity index (χ2v) is 6.08. The first-order valence-electron chi connectivity index (χ1n) is 6.42. The van der Waals surface area contributed by atoms with Crippen LogP contribution in [0.2, 0.25) is 0 Å². The molecule has 0 N–H and O–H groups in total. The highest BCUT2D eigenvalue weighted by atomic mass is 127. The van der Waals surface area contributed by atoms with Gasteiger partial charge in [-0.1, -0.05) is 0 Å². The average molecular weight is 383 g/mol. The topological polar surface area (TPSA) is 38.2 Å². The lowest BCUT2D eigenvalue weighted by molar-refractivity contribution is 0.261. The van der Waals surface area contributed by atoms with Crippen LogP contribution in [0.3, 0.4) is 0 Å². The van der Waals surface area contributed by atoms with Crippen molar-refractivity contribution in [3.63, 3.8) is 0 Å². The van der Waals surface area contributed by atoms with Crippen LogP contribution in [-0.4, -0.2) is 42.1 Å². The first kappa shape index (κ1) is 15.2. The molecule has 0 spiro atoms. The molecule has 0 aliphatic rings. The fourth-order valence-electron chi connectivity index (χ4n) is 1.78. The lowest BCUT2D eigenvalue weighted by atomic mass is 10.1. The molecule has 0 aliphatic carbocycles. The van der Waals surface area contributed by atoms with Crippen LogP contribution in [0.4, 0.5) is 0 Å². The van der Waals surface area contributed by atoms with Gasteiger partial charge in [-0.2, -0.15) is 0 Å². The van der Waals surface area contributed by atoms with E-state index in [1.54, 1.807) is 6.20 Å². The van der Waals surface area contributed by atoms with Gasteiger partial charge in [0, 0.05) is 33.8 Å². The van der Waals surface area contributed by atoms with Crippen LogP contribution >= 0.6 is 22.6 Å². The zero-order valence-corrected chi connectivity index (χ0v) is 14.1. The molecule has 20 heavy (non-hydrogen) atoms. The maximum Gasteiger partial charge on any atom is 0.146 e. The van der Waals surface area contributed by atoms with E-state index in [0.29, 0.717) is 6.61 Å². The summed E-state index contributed by atoms with van der Waals surface area (Å²) in [5.74, 6) is 0.823. The molecule has 0 atom stereocenters. The Kier molecular flexibility index (Phi) is 5.31. The molecule has 106 valence electrons. The number of halogens is 1. The highest BCUT2D eigenvalue weighted by Crippen LogP contribution is 2.29. The number of nitrogens with zero attached hydrogens (tertiary/aromatic N) is 3. The summed E-state index contributed by atoms with van der Waals surface area (Å²) in [6.07, 6.45) is 3.65. The van der Waals surface area contributed by atoms with Crippen molar-refractivity contribution in [2.45, 2.75) is 6.92 Å². The fourth-order valence-corrected chi connectivity index (χ4v) is 2.20. The van der Waals surface area contributed by atoms with Gasteiger partial charge in [0.25, 0.3) is 0 Å². The Balaban J connectivity index is 2.28. The average Bonchev–Trinajstić information content (AvgIpc) is 2.38. The molecule has 0 aromatic carbocycles. The lowest BCUT2D eigenvalue weighted by Gasteiger charge is -2.14. The number of aryl methyl sites for hydroxylation is 1. The Labute approximate surface area is 133 Å². The van der Waals surface area contributed by atoms with Crippen molar-refractivity contribution in [2.75, 3.05) is 27.2 Å². The van der Waals surface area contributed by atoms with Gasteiger partial charge >= 0.3 is 0 Å². The number of hydrogen-bond donors (Lipinski definition) is 0. The molecule has 0 fully saturated rings.